The van der Waals surface area contributed by atoms with Gasteiger partial charge in [-0.1, -0.05) is 18.2 Å². The molecule has 0 spiro atoms. The van der Waals surface area contributed by atoms with E-state index in [0.717, 1.165) is 16.4 Å². The van der Waals surface area contributed by atoms with E-state index in [-0.39, 0.29) is 17.5 Å². The van der Waals surface area contributed by atoms with Crippen LogP contribution >= 0.6 is 0 Å². The fourth-order valence-electron chi connectivity index (χ4n) is 3.14. The van der Waals surface area contributed by atoms with Crippen LogP contribution in [0.5, 0.6) is 0 Å². The lowest BCUT2D eigenvalue weighted by Crippen LogP contribution is -2.48. The molecule has 1 aromatic carbocycles. The molecule has 1 amide bonds. The molecular formula is C17H17N3O3. The molecule has 0 atom stereocenters. The van der Waals surface area contributed by atoms with Gasteiger partial charge in [-0.2, -0.15) is 0 Å². The third-order valence-corrected chi connectivity index (χ3v) is 4.49. The number of carbonyl (C=O) groups excluding carboxylic acids is 1. The van der Waals surface area contributed by atoms with Gasteiger partial charge in [-0.25, -0.2) is 0 Å². The highest BCUT2D eigenvalue weighted by atomic mass is 16.5. The lowest BCUT2D eigenvalue weighted by Gasteiger charge is -2.26. The summed E-state index contributed by atoms with van der Waals surface area (Å²) in [5.41, 5.74) is 2.03. The van der Waals surface area contributed by atoms with E-state index in [2.05, 4.69) is 5.32 Å². The smallest absolute Gasteiger partial charge is 0.268 e. The lowest BCUT2D eigenvalue weighted by atomic mass is 10.1. The van der Waals surface area contributed by atoms with Crippen molar-refractivity contribution in [1.29, 1.82) is 0 Å². The minimum Gasteiger partial charge on any atom is -0.377 e. The van der Waals surface area contributed by atoms with E-state index in [9.17, 15) is 9.59 Å². The first-order chi connectivity index (χ1) is 11.1. The van der Waals surface area contributed by atoms with Crippen molar-refractivity contribution >= 4 is 27.7 Å². The number of fused-ring (bicyclic) bond motifs is 3. The fraction of sp³-hybridized carbons (Fsp3) is 0.294. The second-order valence-corrected chi connectivity index (χ2v) is 5.94. The van der Waals surface area contributed by atoms with E-state index in [4.69, 9.17) is 4.74 Å². The Labute approximate surface area is 132 Å². The highest BCUT2D eigenvalue weighted by Gasteiger charge is 2.24. The zero-order chi connectivity index (χ0) is 16.1. The molecule has 1 aliphatic heterocycles. The van der Waals surface area contributed by atoms with Gasteiger partial charge >= 0.3 is 0 Å². The number of nitrogens with one attached hydrogen (secondary N) is 1. The first-order valence-corrected chi connectivity index (χ1v) is 7.53. The summed E-state index contributed by atoms with van der Waals surface area (Å²) in [6, 6.07) is 9.46. The SMILES string of the molecule is Cn1c(C(=O)NC2COC2)cc2c(=O)n(C)c3ccccc3c21. The Morgan fingerprint density at radius 2 is 1.91 bits per heavy atom. The van der Waals surface area contributed by atoms with Gasteiger partial charge in [-0.3, -0.25) is 9.59 Å². The normalized spacial score (nSPS) is 15.0. The van der Waals surface area contributed by atoms with Crippen molar-refractivity contribution in [2.75, 3.05) is 13.2 Å². The van der Waals surface area contributed by atoms with Gasteiger partial charge in [0.25, 0.3) is 11.5 Å². The second kappa shape index (κ2) is 4.96. The van der Waals surface area contributed by atoms with Crippen LogP contribution in [-0.2, 0) is 18.8 Å². The quantitative estimate of drug-likeness (QED) is 0.772. The van der Waals surface area contributed by atoms with Crippen molar-refractivity contribution in [3.8, 4) is 0 Å². The average Bonchev–Trinajstić information content (AvgIpc) is 2.86. The summed E-state index contributed by atoms with van der Waals surface area (Å²) < 4.78 is 8.50. The number of benzene rings is 1. The summed E-state index contributed by atoms with van der Waals surface area (Å²) in [6.45, 7) is 1.08. The molecular weight excluding hydrogens is 294 g/mol. The van der Waals surface area contributed by atoms with Crippen LogP contribution in [0.3, 0.4) is 0 Å². The number of hydrogen-bond acceptors (Lipinski definition) is 3. The Kier molecular flexibility index (Phi) is 3.02. The Balaban J connectivity index is 1.96. The minimum atomic E-state index is -0.178. The molecule has 6 nitrogen and oxygen atoms in total. The van der Waals surface area contributed by atoms with Crippen LogP contribution in [0.1, 0.15) is 10.5 Å². The van der Waals surface area contributed by atoms with E-state index in [1.807, 2.05) is 31.3 Å². The van der Waals surface area contributed by atoms with E-state index in [1.54, 1.807) is 22.2 Å². The third kappa shape index (κ3) is 1.98. The van der Waals surface area contributed by atoms with Gasteiger partial charge in [-0.05, 0) is 12.1 Å². The van der Waals surface area contributed by atoms with Crippen molar-refractivity contribution < 1.29 is 9.53 Å². The molecule has 1 aliphatic rings. The summed E-state index contributed by atoms with van der Waals surface area (Å²) in [5.74, 6) is -0.178. The lowest BCUT2D eigenvalue weighted by molar-refractivity contribution is -0.00359. The zero-order valence-electron chi connectivity index (χ0n) is 13.0. The van der Waals surface area contributed by atoms with Gasteiger partial charge in [0, 0.05) is 19.5 Å². The molecule has 0 radical (unpaired) electrons. The van der Waals surface area contributed by atoms with Gasteiger partial charge < -0.3 is 19.2 Å². The number of carbonyl (C=O) groups is 1. The van der Waals surface area contributed by atoms with Crippen molar-refractivity contribution in [2.24, 2.45) is 14.1 Å². The summed E-state index contributed by atoms with van der Waals surface area (Å²) in [7, 11) is 3.57. The number of pyridine rings is 1. The first-order valence-electron chi connectivity index (χ1n) is 7.53. The van der Waals surface area contributed by atoms with Crippen molar-refractivity contribution in [1.82, 2.24) is 14.5 Å². The molecule has 4 rings (SSSR count). The third-order valence-electron chi connectivity index (χ3n) is 4.49. The highest BCUT2D eigenvalue weighted by Crippen LogP contribution is 2.25. The van der Waals surface area contributed by atoms with Crippen LogP contribution in [0.25, 0.3) is 21.8 Å². The van der Waals surface area contributed by atoms with Crippen LogP contribution in [0.15, 0.2) is 35.1 Å². The van der Waals surface area contributed by atoms with Gasteiger partial charge in [-0.15, -0.1) is 0 Å². The van der Waals surface area contributed by atoms with Crippen LogP contribution in [0, 0.1) is 0 Å². The molecule has 1 fully saturated rings. The van der Waals surface area contributed by atoms with Crippen molar-refractivity contribution in [3.05, 3.63) is 46.4 Å². The number of hydrogen-bond donors (Lipinski definition) is 1. The van der Waals surface area contributed by atoms with Crippen molar-refractivity contribution in [3.63, 3.8) is 0 Å². The second-order valence-electron chi connectivity index (χ2n) is 5.94. The topological polar surface area (TPSA) is 65.3 Å². The predicted molar refractivity (Wildman–Crippen MR) is 87.7 cm³/mol. The molecule has 0 aliphatic carbocycles. The molecule has 1 N–H and O–H groups in total. The summed E-state index contributed by atoms with van der Waals surface area (Å²) in [4.78, 5) is 25.1. The molecule has 3 aromatic rings. The number of aryl methyl sites for hydroxylation is 2. The summed E-state index contributed by atoms with van der Waals surface area (Å²) in [5, 5.41) is 4.44. The van der Waals surface area contributed by atoms with E-state index < -0.39 is 0 Å². The zero-order valence-corrected chi connectivity index (χ0v) is 13.0. The van der Waals surface area contributed by atoms with E-state index >= 15 is 0 Å². The van der Waals surface area contributed by atoms with Crippen LogP contribution in [0.2, 0.25) is 0 Å². The molecule has 6 heteroatoms. The number of ether oxygens (including phenoxy) is 1. The average molecular weight is 311 g/mol. The first kappa shape index (κ1) is 14.0. The fourth-order valence-corrected chi connectivity index (χ4v) is 3.14. The maximum atomic E-state index is 12.6. The molecule has 2 aromatic heterocycles. The minimum absolute atomic E-state index is 0.0556. The Bertz CT molecular complexity index is 996. The Morgan fingerprint density at radius 3 is 2.61 bits per heavy atom. The standard InChI is InChI=1S/C17H17N3O3/c1-19-14(16(21)18-10-8-23-9-10)7-12-15(19)11-5-3-4-6-13(11)20(2)17(12)22/h3-7,10H,8-9H2,1-2H3,(H,18,21). The molecule has 0 unspecified atom stereocenters. The number of amides is 1. The largest absolute Gasteiger partial charge is 0.377 e. The summed E-state index contributed by atoms with van der Waals surface area (Å²) >= 11 is 0. The maximum absolute atomic E-state index is 12.6. The number of rotatable bonds is 2. The molecule has 0 bridgehead atoms. The van der Waals surface area contributed by atoms with Crippen LogP contribution in [0.4, 0.5) is 0 Å². The van der Waals surface area contributed by atoms with Gasteiger partial charge in [0.2, 0.25) is 0 Å². The number of nitrogens with zero attached hydrogens (tertiary/aromatic N) is 2. The molecule has 118 valence electrons. The van der Waals surface area contributed by atoms with Crippen LogP contribution in [-0.4, -0.2) is 34.3 Å². The molecule has 23 heavy (non-hydrogen) atoms. The molecule has 1 saturated heterocycles. The Morgan fingerprint density at radius 1 is 1.17 bits per heavy atom. The van der Waals surface area contributed by atoms with E-state index in [0.29, 0.717) is 24.3 Å². The predicted octanol–water partition coefficient (Wildman–Crippen LogP) is 1.16. The van der Waals surface area contributed by atoms with Gasteiger partial charge in [0.05, 0.1) is 35.7 Å². The summed E-state index contributed by atoms with van der Waals surface area (Å²) in [6.07, 6.45) is 0. The van der Waals surface area contributed by atoms with Gasteiger partial charge in [0.1, 0.15) is 5.69 Å². The van der Waals surface area contributed by atoms with Crippen LogP contribution < -0.4 is 10.9 Å². The maximum Gasteiger partial charge on any atom is 0.268 e. The number of para-hydroxylation sites is 1. The highest BCUT2D eigenvalue weighted by molar-refractivity contribution is 6.08. The Hall–Kier alpha value is -2.60. The molecule has 3 heterocycles. The monoisotopic (exact) mass is 311 g/mol. The number of aromatic nitrogens is 2. The van der Waals surface area contributed by atoms with Crippen molar-refractivity contribution in [2.45, 2.75) is 6.04 Å². The molecule has 0 saturated carbocycles. The van der Waals surface area contributed by atoms with Gasteiger partial charge in [0.15, 0.2) is 0 Å². The van der Waals surface area contributed by atoms with E-state index in [1.165, 1.54) is 0 Å².